The Bertz CT molecular complexity index is 608. The molecule has 1 rings (SSSR count). The highest BCUT2D eigenvalue weighted by Gasteiger charge is 2.36. The first-order valence-corrected chi connectivity index (χ1v) is 7.46. The van der Waals surface area contributed by atoms with Crippen molar-refractivity contribution in [3.63, 3.8) is 0 Å². The predicted octanol–water partition coefficient (Wildman–Crippen LogP) is 4.02. The molecule has 0 fully saturated rings. The van der Waals surface area contributed by atoms with Gasteiger partial charge in [0.25, 0.3) is 0 Å². The van der Waals surface area contributed by atoms with E-state index in [0.29, 0.717) is 0 Å². The second-order valence-corrected chi connectivity index (χ2v) is 6.87. The van der Waals surface area contributed by atoms with Gasteiger partial charge in [0.15, 0.2) is 5.75 Å². The fraction of sp³-hybridized carbons (Fsp3) is 0.562. The molecule has 0 saturated heterocycles. The molecular weight excluding hydrogens is 323 g/mol. The minimum absolute atomic E-state index is 0.106. The summed E-state index contributed by atoms with van der Waals surface area (Å²) in [6, 6.07) is 1.74. The first-order valence-electron chi connectivity index (χ1n) is 7.46. The van der Waals surface area contributed by atoms with Gasteiger partial charge in [0, 0.05) is 24.7 Å². The summed E-state index contributed by atoms with van der Waals surface area (Å²) in [5.41, 5.74) is 3.87. The van der Waals surface area contributed by atoms with Crippen molar-refractivity contribution in [1.29, 1.82) is 0 Å². The second-order valence-electron chi connectivity index (χ2n) is 6.87. The minimum atomic E-state index is -4.57. The van der Waals surface area contributed by atoms with Crippen molar-refractivity contribution in [2.45, 2.75) is 52.4 Å². The summed E-state index contributed by atoms with van der Waals surface area (Å²) in [5, 5.41) is 2.56. The number of ether oxygens (including phenoxy) is 1. The predicted molar refractivity (Wildman–Crippen MR) is 88.3 cm³/mol. The first kappa shape index (κ1) is 19.9. The summed E-state index contributed by atoms with van der Waals surface area (Å²) in [4.78, 5) is 13.3. The highest BCUT2D eigenvalue weighted by atomic mass is 19.4. The molecule has 0 aromatic heterocycles. The molecule has 0 spiro atoms. The zero-order valence-electron chi connectivity index (χ0n) is 14.7. The summed E-state index contributed by atoms with van der Waals surface area (Å²) in [6.45, 7) is 8.76. The van der Waals surface area contributed by atoms with Crippen LogP contribution < -0.4 is 20.7 Å². The van der Waals surface area contributed by atoms with Crippen molar-refractivity contribution >= 4 is 17.5 Å². The van der Waals surface area contributed by atoms with Gasteiger partial charge in [-0.25, -0.2) is 4.79 Å². The van der Waals surface area contributed by atoms with Gasteiger partial charge >= 0.3 is 12.3 Å². The molecule has 1 aromatic rings. The zero-order chi connectivity index (χ0) is 18.9. The van der Waals surface area contributed by atoms with Gasteiger partial charge in [-0.2, -0.15) is 13.2 Å². The lowest BCUT2D eigenvalue weighted by Crippen LogP contribution is -2.42. The number of nitrogen functional groups attached to an aromatic ring is 1. The molecule has 0 atom stereocenters. The number of benzene rings is 1. The quantitative estimate of drug-likeness (QED) is 0.811. The number of rotatable bonds is 3. The molecule has 0 aliphatic rings. The van der Waals surface area contributed by atoms with Gasteiger partial charge in [-0.05, 0) is 40.7 Å². The number of halogens is 3. The molecule has 24 heavy (non-hydrogen) atoms. The van der Waals surface area contributed by atoms with Crippen LogP contribution in [0.15, 0.2) is 12.1 Å². The van der Waals surface area contributed by atoms with Gasteiger partial charge in [0.1, 0.15) is 0 Å². The Morgan fingerprint density at radius 2 is 1.79 bits per heavy atom. The third-order valence-corrected chi connectivity index (χ3v) is 3.27. The van der Waals surface area contributed by atoms with Gasteiger partial charge in [-0.1, -0.05) is 0 Å². The molecule has 0 radical (unpaired) electrons. The number of carbonyl (C=O) groups is 1. The highest BCUT2D eigenvalue weighted by Crippen LogP contribution is 2.41. The van der Waals surface area contributed by atoms with E-state index in [1.165, 1.54) is 11.9 Å². The number of anilines is 2. The van der Waals surface area contributed by atoms with Gasteiger partial charge in [0.2, 0.25) is 0 Å². The molecule has 1 aromatic carbocycles. The maximum absolute atomic E-state index is 13.3. The Kier molecular flexibility index (Phi) is 5.63. The lowest BCUT2D eigenvalue weighted by molar-refractivity contribution is -0.137. The van der Waals surface area contributed by atoms with E-state index < -0.39 is 23.4 Å². The van der Waals surface area contributed by atoms with Crippen LogP contribution in [0.2, 0.25) is 0 Å². The van der Waals surface area contributed by atoms with Crippen molar-refractivity contribution in [2.24, 2.45) is 0 Å². The number of nitrogens with two attached hydrogens (primary N) is 1. The lowest BCUT2D eigenvalue weighted by atomic mass is 10.1. The number of carbonyl (C=O) groups excluding carboxylic acids is 1. The summed E-state index contributed by atoms with van der Waals surface area (Å²) in [5.74, 6) is -0.118. The molecule has 1 amide bonds. The first-order chi connectivity index (χ1) is 10.7. The Morgan fingerprint density at radius 3 is 2.21 bits per heavy atom. The fourth-order valence-corrected chi connectivity index (χ4v) is 1.90. The number of alkyl halides is 3. The van der Waals surface area contributed by atoms with E-state index in [9.17, 15) is 18.0 Å². The number of nitrogens with one attached hydrogen (secondary N) is 1. The van der Waals surface area contributed by atoms with Crippen LogP contribution in [-0.2, 0) is 6.18 Å². The Labute approximate surface area is 140 Å². The van der Waals surface area contributed by atoms with Crippen molar-refractivity contribution in [2.75, 3.05) is 17.7 Å². The number of hydrogen-bond acceptors (Lipinski definition) is 4. The fourth-order valence-electron chi connectivity index (χ4n) is 1.90. The van der Waals surface area contributed by atoms with Gasteiger partial charge in [0.05, 0.1) is 16.9 Å². The average molecular weight is 347 g/mol. The molecule has 0 bridgehead atoms. The van der Waals surface area contributed by atoms with E-state index in [1.54, 1.807) is 34.6 Å². The molecule has 0 aliphatic carbocycles. The average Bonchev–Trinajstić information content (AvgIpc) is 2.36. The monoisotopic (exact) mass is 347 g/mol. The Morgan fingerprint density at radius 1 is 1.25 bits per heavy atom. The van der Waals surface area contributed by atoms with Gasteiger partial charge in [-0.3, -0.25) is 0 Å². The minimum Gasteiger partial charge on any atom is -0.408 e. The van der Waals surface area contributed by atoms with E-state index in [0.717, 1.165) is 12.1 Å². The van der Waals surface area contributed by atoms with Crippen LogP contribution in [0.4, 0.5) is 29.3 Å². The summed E-state index contributed by atoms with van der Waals surface area (Å²) < 4.78 is 44.9. The van der Waals surface area contributed by atoms with Crippen molar-refractivity contribution in [3.05, 3.63) is 17.7 Å². The van der Waals surface area contributed by atoms with Crippen LogP contribution >= 0.6 is 0 Å². The van der Waals surface area contributed by atoms with Gasteiger partial charge < -0.3 is 20.7 Å². The summed E-state index contributed by atoms with van der Waals surface area (Å²) >= 11 is 0. The molecule has 0 heterocycles. The summed E-state index contributed by atoms with van der Waals surface area (Å²) in [7, 11) is 1.53. The standard InChI is InChI=1S/C16H24F3N3O2/c1-9(2)22(6)12-8-13(24-14(23)21-15(3,4)5)11(20)7-10(12)16(17,18)19/h7-9H,20H2,1-6H3,(H,21,23). The van der Waals surface area contributed by atoms with Crippen molar-refractivity contribution in [1.82, 2.24) is 5.32 Å². The van der Waals surface area contributed by atoms with Crippen LogP contribution in [0.25, 0.3) is 0 Å². The van der Waals surface area contributed by atoms with Crippen LogP contribution in [-0.4, -0.2) is 24.7 Å². The van der Waals surface area contributed by atoms with Crippen LogP contribution in [0.1, 0.15) is 40.2 Å². The maximum Gasteiger partial charge on any atom is 0.418 e. The second kappa shape index (κ2) is 6.78. The number of hydrogen-bond donors (Lipinski definition) is 2. The van der Waals surface area contributed by atoms with E-state index in [4.69, 9.17) is 10.5 Å². The largest absolute Gasteiger partial charge is 0.418 e. The molecule has 0 saturated carbocycles. The third kappa shape index (κ3) is 5.21. The molecule has 8 heteroatoms. The number of amides is 1. The molecular formula is C16H24F3N3O2. The van der Waals surface area contributed by atoms with Crippen LogP contribution in [0, 0.1) is 0 Å². The molecule has 5 nitrogen and oxygen atoms in total. The molecule has 136 valence electrons. The maximum atomic E-state index is 13.3. The van der Waals surface area contributed by atoms with Crippen molar-refractivity contribution in [3.8, 4) is 5.75 Å². The Balaban J connectivity index is 3.29. The van der Waals surface area contributed by atoms with E-state index in [1.807, 2.05) is 0 Å². The van der Waals surface area contributed by atoms with Crippen LogP contribution in [0.5, 0.6) is 5.75 Å². The Hall–Kier alpha value is -2.12. The number of nitrogens with zero attached hydrogens (tertiary/aromatic N) is 1. The van der Waals surface area contributed by atoms with E-state index >= 15 is 0 Å². The normalized spacial score (nSPS) is 12.2. The SMILES string of the molecule is CC(C)N(C)c1cc(OC(=O)NC(C)(C)C)c(N)cc1C(F)(F)F. The zero-order valence-corrected chi connectivity index (χ0v) is 14.7. The summed E-state index contributed by atoms with van der Waals surface area (Å²) in [6.07, 6.45) is -5.36. The molecule has 0 unspecified atom stereocenters. The van der Waals surface area contributed by atoms with Crippen LogP contribution in [0.3, 0.4) is 0 Å². The highest BCUT2D eigenvalue weighted by molar-refractivity contribution is 5.76. The molecule has 3 N–H and O–H groups in total. The van der Waals surface area contributed by atoms with Crippen molar-refractivity contribution < 1.29 is 22.7 Å². The third-order valence-electron chi connectivity index (χ3n) is 3.27. The topological polar surface area (TPSA) is 67.6 Å². The smallest absolute Gasteiger partial charge is 0.408 e. The molecule has 0 aliphatic heterocycles. The lowest BCUT2D eigenvalue weighted by Gasteiger charge is -2.28. The van der Waals surface area contributed by atoms with E-state index in [-0.39, 0.29) is 23.2 Å². The van der Waals surface area contributed by atoms with Gasteiger partial charge in [-0.15, -0.1) is 0 Å². The van der Waals surface area contributed by atoms with E-state index in [2.05, 4.69) is 5.32 Å².